The molecule has 2 aromatic carbocycles. The van der Waals surface area contributed by atoms with Crippen molar-refractivity contribution in [3.8, 4) is 0 Å². The molecule has 4 atom stereocenters. The SMILES string of the molecule is CC(C)C(=O)Nc1nc2c(ncn2C2CC(OC(=O)NCC(=O)OCc3ccccc3)C(COP(=O)(O)OCC(=O)OCc3ccccc3)O2)c(=O)[nH]1. The number of imidazole rings is 1. The summed E-state index contributed by atoms with van der Waals surface area (Å²) in [7, 11) is -4.88. The average molecular weight is 757 g/mol. The molecule has 1 saturated heterocycles. The number of nitrogens with one attached hydrogen (secondary N) is 3. The third-order valence-corrected chi connectivity index (χ3v) is 8.49. The number of fused-ring (bicyclic) bond motifs is 1. The summed E-state index contributed by atoms with van der Waals surface area (Å²) in [4.78, 5) is 83.3. The molecule has 20 heteroatoms. The predicted octanol–water partition coefficient (Wildman–Crippen LogP) is 2.72. The van der Waals surface area contributed by atoms with Gasteiger partial charge in [-0.2, -0.15) is 4.98 Å². The Balaban J connectivity index is 1.24. The highest BCUT2D eigenvalue weighted by atomic mass is 31.2. The van der Waals surface area contributed by atoms with Crippen molar-refractivity contribution in [2.24, 2.45) is 5.92 Å². The molecular weight excluding hydrogens is 719 g/mol. The molecule has 2 amide bonds. The van der Waals surface area contributed by atoms with Crippen molar-refractivity contribution in [2.45, 2.75) is 51.9 Å². The maximum absolute atomic E-state index is 12.8. The van der Waals surface area contributed by atoms with Crippen LogP contribution < -0.4 is 16.2 Å². The third kappa shape index (κ3) is 11.3. The Bertz CT molecular complexity index is 2010. The van der Waals surface area contributed by atoms with E-state index in [1.54, 1.807) is 68.4 Å². The topological polar surface area (TPSA) is 249 Å². The predicted molar refractivity (Wildman–Crippen MR) is 183 cm³/mol. The van der Waals surface area contributed by atoms with Crippen LogP contribution in [0.4, 0.5) is 10.7 Å². The summed E-state index contributed by atoms with van der Waals surface area (Å²) in [5, 5.41) is 4.80. The van der Waals surface area contributed by atoms with Gasteiger partial charge in [-0.25, -0.2) is 19.1 Å². The Morgan fingerprint density at radius 3 is 2.28 bits per heavy atom. The second-order valence-electron chi connectivity index (χ2n) is 11.9. The molecule has 53 heavy (non-hydrogen) atoms. The number of phosphoric acid groups is 1. The summed E-state index contributed by atoms with van der Waals surface area (Å²) in [6.07, 6.45) is -3.35. The number of alkyl carbamates (subject to hydrolysis) is 1. The molecule has 282 valence electrons. The molecule has 5 rings (SSSR count). The van der Waals surface area contributed by atoms with Crippen molar-refractivity contribution >= 4 is 48.9 Å². The summed E-state index contributed by atoms with van der Waals surface area (Å²) < 4.78 is 45.7. The fourth-order valence-corrected chi connectivity index (χ4v) is 5.51. The van der Waals surface area contributed by atoms with Gasteiger partial charge in [-0.05, 0) is 11.1 Å². The lowest BCUT2D eigenvalue weighted by molar-refractivity contribution is -0.148. The van der Waals surface area contributed by atoms with E-state index in [1.807, 2.05) is 6.07 Å². The van der Waals surface area contributed by atoms with Crippen molar-refractivity contribution in [1.82, 2.24) is 24.8 Å². The fraction of sp³-hybridized carbons (Fsp3) is 0.364. The number of nitrogens with zero attached hydrogens (tertiary/aromatic N) is 3. The first-order valence-electron chi connectivity index (χ1n) is 16.3. The van der Waals surface area contributed by atoms with Crippen LogP contribution in [0.3, 0.4) is 0 Å². The highest BCUT2D eigenvalue weighted by Crippen LogP contribution is 2.44. The number of benzene rings is 2. The van der Waals surface area contributed by atoms with Gasteiger partial charge in [-0.15, -0.1) is 0 Å². The maximum atomic E-state index is 12.8. The van der Waals surface area contributed by atoms with E-state index in [9.17, 15) is 33.4 Å². The summed E-state index contributed by atoms with van der Waals surface area (Å²) in [6, 6.07) is 17.6. The number of hydrogen-bond donors (Lipinski definition) is 4. The van der Waals surface area contributed by atoms with Crippen LogP contribution in [0.25, 0.3) is 11.2 Å². The molecule has 2 aromatic heterocycles. The zero-order valence-electron chi connectivity index (χ0n) is 28.5. The summed E-state index contributed by atoms with van der Waals surface area (Å²) in [6.45, 7) is 1.09. The van der Waals surface area contributed by atoms with Crippen LogP contribution in [0.5, 0.6) is 0 Å². The van der Waals surface area contributed by atoms with Crippen molar-refractivity contribution in [2.75, 3.05) is 25.1 Å². The maximum Gasteiger partial charge on any atom is 0.472 e. The molecule has 1 aliphatic rings. The number of ether oxygens (including phenoxy) is 4. The smallest absolute Gasteiger partial charge is 0.460 e. The van der Waals surface area contributed by atoms with Crippen molar-refractivity contribution in [1.29, 1.82) is 0 Å². The lowest BCUT2D eigenvalue weighted by Crippen LogP contribution is -2.37. The lowest BCUT2D eigenvalue weighted by Gasteiger charge is -2.20. The lowest BCUT2D eigenvalue weighted by atomic mass is 10.2. The van der Waals surface area contributed by atoms with Crippen LogP contribution in [0.2, 0.25) is 0 Å². The molecule has 0 bridgehead atoms. The normalized spacial score (nSPS) is 17.9. The standard InChI is InChI=1S/C33H37N6O13P/c1-20(2)30(42)37-32-36-29-28(31(43)38-32)35-19-39(29)25-13-23(52-33(44)34-14-26(40)47-15-21-9-5-3-6-10-21)24(51-25)17-49-53(45,46)50-18-27(41)48-16-22-11-7-4-8-12-22/h3-12,19-20,23-25H,13-18H2,1-2H3,(H,34,44)(H,45,46)(H2,36,37,38,42,43). The van der Waals surface area contributed by atoms with E-state index in [0.717, 1.165) is 5.56 Å². The van der Waals surface area contributed by atoms with Crippen molar-refractivity contribution in [3.05, 3.63) is 88.5 Å². The van der Waals surface area contributed by atoms with Gasteiger partial charge in [0.05, 0.1) is 12.9 Å². The Hall–Kier alpha value is -5.46. The van der Waals surface area contributed by atoms with E-state index in [-0.39, 0.29) is 36.7 Å². The Labute approximate surface area is 301 Å². The van der Waals surface area contributed by atoms with Crippen LogP contribution >= 0.6 is 7.82 Å². The van der Waals surface area contributed by atoms with Crippen LogP contribution in [-0.2, 0) is 60.2 Å². The van der Waals surface area contributed by atoms with E-state index in [0.29, 0.717) is 5.56 Å². The highest BCUT2D eigenvalue weighted by Gasteiger charge is 2.41. The Kier molecular flexibility index (Phi) is 13.1. The monoisotopic (exact) mass is 756 g/mol. The number of aromatic amines is 1. The Morgan fingerprint density at radius 1 is 1.00 bits per heavy atom. The minimum Gasteiger partial charge on any atom is -0.460 e. The first-order chi connectivity index (χ1) is 25.4. The zero-order valence-corrected chi connectivity index (χ0v) is 29.4. The van der Waals surface area contributed by atoms with Gasteiger partial charge >= 0.3 is 25.9 Å². The number of carbonyl (C=O) groups excluding carboxylic acids is 4. The van der Waals surface area contributed by atoms with Crippen LogP contribution in [0.15, 0.2) is 71.8 Å². The number of phosphoric ester groups is 1. The summed E-state index contributed by atoms with van der Waals surface area (Å²) >= 11 is 0. The summed E-state index contributed by atoms with van der Waals surface area (Å²) in [5.41, 5.74) is 0.699. The number of aromatic nitrogens is 4. The van der Waals surface area contributed by atoms with Gasteiger partial charge in [0.15, 0.2) is 17.8 Å². The Morgan fingerprint density at radius 2 is 1.64 bits per heavy atom. The number of rotatable bonds is 16. The number of esters is 2. The first-order valence-corrected chi connectivity index (χ1v) is 17.7. The zero-order chi connectivity index (χ0) is 38.0. The fourth-order valence-electron chi connectivity index (χ4n) is 4.83. The van der Waals surface area contributed by atoms with Crippen LogP contribution in [0.1, 0.15) is 37.6 Å². The summed E-state index contributed by atoms with van der Waals surface area (Å²) in [5.74, 6) is -2.64. The number of amides is 2. The van der Waals surface area contributed by atoms with Gasteiger partial charge in [-0.1, -0.05) is 74.5 Å². The van der Waals surface area contributed by atoms with E-state index in [1.165, 1.54) is 10.9 Å². The van der Waals surface area contributed by atoms with Gasteiger partial charge in [0, 0.05) is 12.3 Å². The molecule has 4 unspecified atom stereocenters. The average Bonchev–Trinajstić information content (AvgIpc) is 3.75. The van der Waals surface area contributed by atoms with Crippen molar-refractivity contribution < 1.29 is 56.6 Å². The molecule has 1 fully saturated rings. The molecule has 3 heterocycles. The molecule has 0 saturated carbocycles. The van der Waals surface area contributed by atoms with Gasteiger partial charge in [-0.3, -0.25) is 38.3 Å². The van der Waals surface area contributed by atoms with E-state index >= 15 is 0 Å². The number of H-pyrrole nitrogens is 1. The highest BCUT2D eigenvalue weighted by molar-refractivity contribution is 7.47. The molecule has 19 nitrogen and oxygen atoms in total. The van der Waals surface area contributed by atoms with E-state index in [4.69, 9.17) is 28.0 Å². The quantitative estimate of drug-likeness (QED) is 0.0729. The minimum atomic E-state index is -4.88. The first kappa shape index (κ1) is 38.8. The second kappa shape index (κ2) is 17.8. The third-order valence-electron chi connectivity index (χ3n) is 7.56. The van der Waals surface area contributed by atoms with E-state index in [2.05, 4.69) is 25.6 Å². The number of hydrogen-bond acceptors (Lipinski definition) is 14. The van der Waals surface area contributed by atoms with Crippen LogP contribution in [0, 0.1) is 5.92 Å². The number of anilines is 1. The molecule has 0 spiro atoms. The molecular formula is C33H37N6O13P. The van der Waals surface area contributed by atoms with Gasteiger partial charge in [0.25, 0.3) is 5.56 Å². The van der Waals surface area contributed by atoms with Crippen molar-refractivity contribution in [3.63, 3.8) is 0 Å². The molecule has 4 N–H and O–H groups in total. The van der Waals surface area contributed by atoms with Gasteiger partial charge in [0.2, 0.25) is 11.9 Å². The number of carbonyl (C=O) groups is 4. The van der Waals surface area contributed by atoms with Gasteiger partial charge in [0.1, 0.15) is 38.2 Å². The molecule has 4 aromatic rings. The molecule has 0 radical (unpaired) electrons. The second-order valence-corrected chi connectivity index (χ2v) is 13.3. The minimum absolute atomic E-state index is 0.00826. The van der Waals surface area contributed by atoms with E-state index < -0.39 is 81.4 Å². The van der Waals surface area contributed by atoms with Crippen LogP contribution in [-0.4, -0.2) is 80.3 Å². The van der Waals surface area contributed by atoms with Gasteiger partial charge < -0.3 is 29.2 Å². The molecule has 1 aliphatic heterocycles. The largest absolute Gasteiger partial charge is 0.472 e. The molecule has 0 aliphatic carbocycles.